The summed E-state index contributed by atoms with van der Waals surface area (Å²) in [5.41, 5.74) is 5.80. The fourth-order valence-electron chi connectivity index (χ4n) is 9.28. The molecule has 20 heavy (non-hydrogen) atoms. The first-order chi connectivity index (χ1) is 9.77. The maximum Gasteiger partial charge on any atom is 0.188 e. The highest BCUT2D eigenvalue weighted by molar-refractivity contribution is 5.75. The van der Waals surface area contributed by atoms with Crippen LogP contribution in [0.1, 0.15) is 0 Å². The van der Waals surface area contributed by atoms with Gasteiger partial charge in [0.15, 0.2) is 5.96 Å². The van der Waals surface area contributed by atoms with Crippen LogP contribution in [-0.4, -0.2) is 23.9 Å². The number of rotatable bonds is 0. The highest BCUT2D eigenvalue weighted by atomic mass is 15.3. The van der Waals surface area contributed by atoms with Crippen LogP contribution in [0.5, 0.6) is 0 Å². The Morgan fingerprint density at radius 1 is 0.800 bits per heavy atom. The molecule has 3 N–H and O–H groups in total. The van der Waals surface area contributed by atoms with Crippen LogP contribution in [0.2, 0.25) is 0 Å². The van der Waals surface area contributed by atoms with Crippen molar-refractivity contribution in [2.24, 2.45) is 76.7 Å². The maximum absolute atomic E-state index is 7.81. The molecule has 1 saturated heterocycles. The van der Waals surface area contributed by atoms with Crippen molar-refractivity contribution in [2.45, 2.75) is 0 Å². The SMILES string of the molecule is N=C(N)N1C[C@@H]2[C@H](C1)[C@@H]1[C@@H]3[C@H]4C=C[C@H]5[C@@H]3[C@H]2[C@H]2[C@@H]5[C@@H]4[C@@H]12. The molecule has 4 bridgehead atoms. The van der Waals surface area contributed by atoms with Crippen molar-refractivity contribution in [3.8, 4) is 0 Å². The van der Waals surface area contributed by atoms with Crippen LogP contribution in [0.4, 0.5) is 0 Å². The number of hydrogen-bond acceptors (Lipinski definition) is 1. The lowest BCUT2D eigenvalue weighted by Crippen LogP contribution is -2.57. The van der Waals surface area contributed by atoms with Crippen LogP contribution in [0, 0.1) is 76.4 Å². The van der Waals surface area contributed by atoms with E-state index >= 15 is 0 Å². The second kappa shape index (κ2) is 2.57. The molecule has 5 saturated carbocycles. The van der Waals surface area contributed by atoms with Gasteiger partial charge in [0.2, 0.25) is 0 Å². The second-order valence-electron chi connectivity index (χ2n) is 8.78. The normalized spacial score (nSPS) is 71.7. The number of allylic oxidation sites excluding steroid dienone is 2. The summed E-state index contributed by atoms with van der Waals surface area (Å²) in [6.45, 7) is 2.21. The Hall–Kier alpha value is -0.990. The summed E-state index contributed by atoms with van der Waals surface area (Å²) in [5, 5.41) is 7.81. The van der Waals surface area contributed by atoms with Gasteiger partial charge < -0.3 is 10.6 Å². The number of nitrogens with two attached hydrogens (primary N) is 1. The average molecular weight is 267 g/mol. The van der Waals surface area contributed by atoms with E-state index in [1.165, 1.54) is 0 Å². The van der Waals surface area contributed by atoms with Gasteiger partial charge in [0.1, 0.15) is 0 Å². The van der Waals surface area contributed by atoms with E-state index in [0.29, 0.717) is 5.96 Å². The van der Waals surface area contributed by atoms with Gasteiger partial charge in [-0.2, -0.15) is 0 Å². The lowest BCUT2D eigenvalue weighted by molar-refractivity contribution is -0.125. The van der Waals surface area contributed by atoms with E-state index in [1.54, 1.807) is 0 Å². The zero-order valence-corrected chi connectivity index (χ0v) is 11.5. The standard InChI is InChI=1S/C17H21N3/c18-17(19)20-3-7-8(4-20)14-10-6-2-1-5-9(10)13(7)15-11(5)12(6)16(14)15/h1-2,5-16H,3-4H2,(H3,18,19)/t5-,6+,7+,8-,9-,10+,11-,12+,13-,14+,15+,16-. The number of nitrogens with zero attached hydrogens (tertiary/aromatic N) is 1. The molecule has 3 heteroatoms. The van der Waals surface area contributed by atoms with E-state index < -0.39 is 0 Å². The summed E-state index contributed by atoms with van der Waals surface area (Å²) >= 11 is 0. The van der Waals surface area contributed by atoms with Gasteiger partial charge in [-0.15, -0.1) is 0 Å². The first-order valence-electron chi connectivity index (χ1n) is 8.54. The van der Waals surface area contributed by atoms with Crippen molar-refractivity contribution < 1.29 is 0 Å². The van der Waals surface area contributed by atoms with Crippen LogP contribution in [0.3, 0.4) is 0 Å². The van der Waals surface area contributed by atoms with Crippen molar-refractivity contribution in [1.29, 1.82) is 5.41 Å². The Bertz CT molecular complexity index is 553. The summed E-state index contributed by atoms with van der Waals surface area (Å²) in [7, 11) is 0. The Kier molecular flexibility index (Phi) is 1.27. The molecule has 8 rings (SSSR count). The number of guanidine groups is 1. The molecule has 12 atom stereocenters. The topological polar surface area (TPSA) is 53.1 Å². The molecular formula is C17H21N3. The largest absolute Gasteiger partial charge is 0.370 e. The zero-order chi connectivity index (χ0) is 12.9. The first kappa shape index (κ1) is 9.86. The van der Waals surface area contributed by atoms with E-state index in [0.717, 1.165) is 84.1 Å². The molecule has 0 spiro atoms. The molecule has 0 unspecified atom stereocenters. The van der Waals surface area contributed by atoms with Gasteiger partial charge in [-0.25, -0.2) is 0 Å². The molecule has 1 heterocycles. The monoisotopic (exact) mass is 267 g/mol. The molecule has 1 aliphatic heterocycles. The van der Waals surface area contributed by atoms with Gasteiger partial charge in [0, 0.05) is 13.1 Å². The van der Waals surface area contributed by atoms with Crippen LogP contribution < -0.4 is 5.73 Å². The molecule has 6 fully saturated rings. The van der Waals surface area contributed by atoms with Gasteiger partial charge in [-0.05, 0) is 71.0 Å². The third-order valence-electron chi connectivity index (χ3n) is 9.08. The zero-order valence-electron chi connectivity index (χ0n) is 11.5. The molecule has 0 aromatic heterocycles. The summed E-state index contributed by atoms with van der Waals surface area (Å²) < 4.78 is 0. The van der Waals surface area contributed by atoms with E-state index in [-0.39, 0.29) is 0 Å². The molecule has 0 amide bonds. The number of likely N-dealkylation sites (tertiary alicyclic amines) is 1. The average Bonchev–Trinajstić information content (AvgIpc) is 2.99. The lowest BCUT2D eigenvalue weighted by Gasteiger charge is -2.59. The molecule has 0 radical (unpaired) electrons. The van der Waals surface area contributed by atoms with E-state index in [9.17, 15) is 0 Å². The maximum atomic E-state index is 7.81. The predicted molar refractivity (Wildman–Crippen MR) is 74.5 cm³/mol. The first-order valence-corrected chi connectivity index (χ1v) is 8.54. The van der Waals surface area contributed by atoms with Gasteiger partial charge in [0.05, 0.1) is 0 Å². The minimum Gasteiger partial charge on any atom is -0.370 e. The van der Waals surface area contributed by atoms with Crippen LogP contribution >= 0.6 is 0 Å². The predicted octanol–water partition coefficient (Wildman–Crippen LogP) is 1.23. The Morgan fingerprint density at radius 3 is 1.70 bits per heavy atom. The number of hydrogen-bond donors (Lipinski definition) is 2. The number of nitrogens with one attached hydrogen (secondary N) is 1. The van der Waals surface area contributed by atoms with Crippen molar-refractivity contribution in [1.82, 2.24) is 4.90 Å². The lowest BCUT2D eigenvalue weighted by atomic mass is 9.44. The summed E-state index contributed by atoms with van der Waals surface area (Å²) in [6.07, 6.45) is 5.24. The van der Waals surface area contributed by atoms with Gasteiger partial charge >= 0.3 is 0 Å². The second-order valence-corrected chi connectivity index (χ2v) is 8.78. The van der Waals surface area contributed by atoms with Crippen LogP contribution in [0.15, 0.2) is 12.2 Å². The van der Waals surface area contributed by atoms with E-state index in [1.807, 2.05) is 0 Å². The molecule has 7 aliphatic carbocycles. The van der Waals surface area contributed by atoms with E-state index in [2.05, 4.69) is 17.1 Å². The molecular weight excluding hydrogens is 246 g/mol. The third kappa shape index (κ3) is 0.681. The Labute approximate surface area is 119 Å². The molecule has 0 aromatic carbocycles. The fraction of sp³-hybridized carbons (Fsp3) is 0.824. The summed E-state index contributed by atoms with van der Waals surface area (Å²) in [4.78, 5) is 2.19. The van der Waals surface area contributed by atoms with Crippen LogP contribution in [-0.2, 0) is 0 Å². The minimum absolute atomic E-state index is 0.326. The van der Waals surface area contributed by atoms with Crippen molar-refractivity contribution in [3.63, 3.8) is 0 Å². The van der Waals surface area contributed by atoms with Crippen molar-refractivity contribution >= 4 is 5.96 Å². The Morgan fingerprint density at radius 2 is 1.25 bits per heavy atom. The van der Waals surface area contributed by atoms with Gasteiger partial charge in [-0.1, -0.05) is 12.2 Å². The van der Waals surface area contributed by atoms with E-state index in [4.69, 9.17) is 11.1 Å². The van der Waals surface area contributed by atoms with Crippen LogP contribution in [0.25, 0.3) is 0 Å². The Balaban J connectivity index is 1.42. The van der Waals surface area contributed by atoms with Gasteiger partial charge in [0.25, 0.3) is 0 Å². The highest BCUT2D eigenvalue weighted by Crippen LogP contribution is 2.87. The molecule has 8 aliphatic rings. The van der Waals surface area contributed by atoms with Crippen molar-refractivity contribution in [3.05, 3.63) is 12.2 Å². The fourth-order valence-corrected chi connectivity index (χ4v) is 9.28. The third-order valence-corrected chi connectivity index (χ3v) is 9.08. The smallest absolute Gasteiger partial charge is 0.188 e. The minimum atomic E-state index is 0.326. The van der Waals surface area contributed by atoms with Gasteiger partial charge in [-0.3, -0.25) is 5.41 Å². The summed E-state index contributed by atoms with van der Waals surface area (Å²) in [6, 6.07) is 0. The molecule has 104 valence electrons. The quantitative estimate of drug-likeness (QED) is 0.394. The summed E-state index contributed by atoms with van der Waals surface area (Å²) in [5.74, 6) is 12.4. The molecule has 0 aromatic rings. The van der Waals surface area contributed by atoms with Crippen molar-refractivity contribution in [2.75, 3.05) is 13.1 Å². The molecule has 3 nitrogen and oxygen atoms in total. The highest BCUT2D eigenvalue weighted by Gasteiger charge is 2.84.